The first-order chi connectivity index (χ1) is 21.4. The van der Waals surface area contributed by atoms with Gasteiger partial charge in [0.2, 0.25) is 5.91 Å². The summed E-state index contributed by atoms with van der Waals surface area (Å²) in [6, 6.07) is 27.8. The molecule has 5 rings (SSSR count). The number of carbonyl (C=O) groups is 4. The van der Waals surface area contributed by atoms with Gasteiger partial charge < -0.3 is 15.3 Å². The smallest absolute Gasteiger partial charge is 0.334 e. The van der Waals surface area contributed by atoms with E-state index in [0.717, 1.165) is 16.7 Å². The molecule has 0 radical (unpaired) electrons. The summed E-state index contributed by atoms with van der Waals surface area (Å²) < 4.78 is 0. The van der Waals surface area contributed by atoms with Crippen LogP contribution in [0.5, 0.6) is 0 Å². The average Bonchev–Trinajstić information content (AvgIpc) is 3.03. The number of terminal acetylenes is 1. The molecule has 0 saturated carbocycles. The van der Waals surface area contributed by atoms with Gasteiger partial charge in [0.25, 0.3) is 0 Å². The van der Waals surface area contributed by atoms with E-state index in [1.54, 1.807) is 0 Å². The molecule has 2 aliphatic rings. The minimum atomic E-state index is -1.19. The number of nitrogens with zero attached hydrogens (tertiary/aromatic N) is 3. The van der Waals surface area contributed by atoms with Gasteiger partial charge in [0, 0.05) is 18.4 Å². The zero-order chi connectivity index (χ0) is 31.1. The normalized spacial score (nSPS) is 20.2. The highest BCUT2D eigenvalue weighted by molar-refractivity contribution is 5.96. The van der Waals surface area contributed by atoms with Gasteiger partial charge in [-0.15, -0.1) is 6.42 Å². The maximum Gasteiger partial charge on any atom is 0.334 e. The van der Waals surface area contributed by atoms with E-state index in [2.05, 4.69) is 35.5 Å². The van der Waals surface area contributed by atoms with E-state index in [1.807, 2.05) is 66.7 Å². The van der Waals surface area contributed by atoms with Gasteiger partial charge >= 0.3 is 12.0 Å². The minimum absolute atomic E-state index is 0.00113. The third kappa shape index (κ3) is 6.82. The second kappa shape index (κ2) is 14.0. The lowest BCUT2D eigenvalue weighted by Gasteiger charge is -2.54. The molecule has 0 aromatic heterocycles. The fraction of sp³-hybridized carbons (Fsp3) is 0.314. The molecule has 9 heteroatoms. The number of nitrogens with one attached hydrogen (secondary N) is 1. The molecule has 3 amide bonds. The highest BCUT2D eigenvalue weighted by Gasteiger charge is 2.52. The van der Waals surface area contributed by atoms with Crippen LogP contribution in [0.4, 0.5) is 4.79 Å². The Kier molecular flexibility index (Phi) is 9.72. The van der Waals surface area contributed by atoms with E-state index < -0.39 is 42.5 Å². The third-order valence-electron chi connectivity index (χ3n) is 8.42. The van der Waals surface area contributed by atoms with Crippen molar-refractivity contribution in [3.8, 4) is 12.3 Å². The Morgan fingerprint density at radius 2 is 1.52 bits per heavy atom. The minimum Gasteiger partial charge on any atom is -0.481 e. The third-order valence-corrected chi connectivity index (χ3v) is 8.42. The van der Waals surface area contributed by atoms with Crippen molar-refractivity contribution in [2.75, 3.05) is 13.1 Å². The average molecular weight is 593 g/mol. The Balaban J connectivity index is 1.44. The number of rotatable bonds is 10. The van der Waals surface area contributed by atoms with Gasteiger partial charge in [-0.05, 0) is 36.0 Å². The number of carboxylic acids is 1. The Morgan fingerprint density at radius 1 is 0.932 bits per heavy atom. The number of piperidine rings is 1. The highest BCUT2D eigenvalue weighted by Crippen LogP contribution is 2.38. The van der Waals surface area contributed by atoms with Crippen LogP contribution in [0, 0.1) is 18.3 Å². The van der Waals surface area contributed by atoms with Crippen LogP contribution < -0.4 is 5.32 Å². The van der Waals surface area contributed by atoms with Crippen molar-refractivity contribution < 1.29 is 24.3 Å². The molecule has 3 atom stereocenters. The monoisotopic (exact) mass is 592 g/mol. The number of ketones is 1. The molecule has 2 saturated heterocycles. The van der Waals surface area contributed by atoms with Crippen LogP contribution in [0.3, 0.4) is 0 Å². The van der Waals surface area contributed by atoms with Gasteiger partial charge in [-0.25, -0.2) is 9.80 Å². The summed E-state index contributed by atoms with van der Waals surface area (Å²) in [6.45, 7) is 0.0101. The summed E-state index contributed by atoms with van der Waals surface area (Å²) in [7, 11) is 0. The maximum atomic E-state index is 13.9. The van der Waals surface area contributed by atoms with Crippen LogP contribution in [0.15, 0.2) is 91.0 Å². The lowest BCUT2D eigenvalue weighted by molar-refractivity contribution is -0.185. The van der Waals surface area contributed by atoms with Gasteiger partial charge in [-0.1, -0.05) is 96.9 Å². The molecule has 0 spiro atoms. The van der Waals surface area contributed by atoms with Crippen molar-refractivity contribution >= 4 is 23.7 Å². The standard InChI is InChI=1S/C35H36N4O5/c1-2-20-37-24-32(40)38-30(22-33(41)42)34(43)28(21-31(38)39(37)35(44)36-23-25-12-6-3-7-13-25)18-19-29(26-14-8-4-9-15-26)27-16-10-5-11-17-27/h1,3-17,28-31H,18-24H2,(H,36,44)(H,41,42)/t28?,30-,31-/m0/s1. The largest absolute Gasteiger partial charge is 0.481 e. The van der Waals surface area contributed by atoms with Gasteiger partial charge in [-0.3, -0.25) is 14.4 Å². The van der Waals surface area contributed by atoms with Crippen molar-refractivity contribution in [1.82, 2.24) is 20.2 Å². The quantitative estimate of drug-likeness (QED) is 0.341. The lowest BCUT2D eigenvalue weighted by atomic mass is 9.78. The van der Waals surface area contributed by atoms with Crippen molar-refractivity contribution in [3.63, 3.8) is 0 Å². The predicted molar refractivity (Wildman–Crippen MR) is 165 cm³/mol. The summed E-state index contributed by atoms with van der Waals surface area (Å²) in [5.41, 5.74) is 3.11. The van der Waals surface area contributed by atoms with E-state index in [1.165, 1.54) is 14.9 Å². The molecule has 3 aromatic rings. The molecular formula is C35H36N4O5. The van der Waals surface area contributed by atoms with Gasteiger partial charge in [0.15, 0.2) is 5.78 Å². The number of urea groups is 1. The Bertz CT molecular complexity index is 1470. The number of hydrogen-bond acceptors (Lipinski definition) is 5. The topological polar surface area (TPSA) is 110 Å². The van der Waals surface area contributed by atoms with Gasteiger partial charge in [0.05, 0.1) is 19.5 Å². The highest BCUT2D eigenvalue weighted by atomic mass is 16.4. The van der Waals surface area contributed by atoms with E-state index in [9.17, 15) is 24.3 Å². The van der Waals surface area contributed by atoms with Crippen LogP contribution in [-0.2, 0) is 20.9 Å². The summed E-state index contributed by atoms with van der Waals surface area (Å²) in [5.74, 6) is 0.0641. The number of fused-ring (bicyclic) bond motifs is 1. The van der Waals surface area contributed by atoms with E-state index in [4.69, 9.17) is 6.42 Å². The lowest BCUT2D eigenvalue weighted by Crippen LogP contribution is -2.73. The second-order valence-corrected chi connectivity index (χ2v) is 11.2. The molecule has 2 heterocycles. The first kappa shape index (κ1) is 30.5. The number of hydrogen-bond donors (Lipinski definition) is 2. The Morgan fingerprint density at radius 3 is 2.09 bits per heavy atom. The summed E-state index contributed by atoms with van der Waals surface area (Å²) in [4.78, 5) is 54.4. The van der Waals surface area contributed by atoms with Gasteiger partial charge in [0.1, 0.15) is 12.2 Å². The number of aliphatic carboxylic acids is 1. The SMILES string of the molecule is C#CCN1CC(=O)N2[C@@H](CC(=O)O)C(=O)C(CCC(c3ccccc3)c3ccccc3)C[C@@H]2N1C(=O)NCc1ccccc1. The molecule has 44 heavy (non-hydrogen) atoms. The van der Waals surface area contributed by atoms with E-state index in [0.29, 0.717) is 12.8 Å². The number of amides is 3. The molecule has 2 N–H and O–H groups in total. The fourth-order valence-corrected chi connectivity index (χ4v) is 6.41. The summed E-state index contributed by atoms with van der Waals surface area (Å²) >= 11 is 0. The molecule has 1 unspecified atom stereocenters. The van der Waals surface area contributed by atoms with Crippen LogP contribution in [0.2, 0.25) is 0 Å². The van der Waals surface area contributed by atoms with Crippen LogP contribution in [0.1, 0.15) is 48.3 Å². The summed E-state index contributed by atoms with van der Waals surface area (Å²) in [6.07, 6.45) is 5.49. The number of hydrazine groups is 1. The Hall–Kier alpha value is -4.94. The maximum absolute atomic E-state index is 13.9. The molecule has 9 nitrogen and oxygen atoms in total. The predicted octanol–water partition coefficient (Wildman–Crippen LogP) is 4.26. The molecular weight excluding hydrogens is 556 g/mol. The van der Waals surface area contributed by atoms with E-state index in [-0.39, 0.29) is 37.8 Å². The molecule has 3 aromatic carbocycles. The number of carboxylic acid groups (broad SMARTS) is 1. The van der Waals surface area contributed by atoms with Gasteiger partial charge in [-0.2, -0.15) is 5.01 Å². The molecule has 2 aliphatic heterocycles. The molecule has 0 aliphatic carbocycles. The first-order valence-corrected chi connectivity index (χ1v) is 14.8. The molecule has 226 valence electrons. The summed E-state index contributed by atoms with van der Waals surface area (Å²) in [5, 5.41) is 15.6. The van der Waals surface area contributed by atoms with Crippen molar-refractivity contribution in [2.45, 2.75) is 50.4 Å². The van der Waals surface area contributed by atoms with E-state index >= 15 is 0 Å². The zero-order valence-electron chi connectivity index (χ0n) is 24.4. The molecule has 0 bridgehead atoms. The number of carbonyl (C=O) groups excluding carboxylic acids is 3. The van der Waals surface area contributed by atoms with Crippen LogP contribution in [0.25, 0.3) is 0 Å². The zero-order valence-corrected chi connectivity index (χ0v) is 24.4. The number of benzene rings is 3. The number of Topliss-reactive ketones (excluding diaryl/α,β-unsaturated/α-hetero) is 1. The van der Waals surface area contributed by atoms with Crippen LogP contribution >= 0.6 is 0 Å². The Labute approximate surface area is 257 Å². The second-order valence-electron chi connectivity index (χ2n) is 11.2. The van der Waals surface area contributed by atoms with Crippen LogP contribution in [-0.4, -0.2) is 69.0 Å². The molecule has 2 fully saturated rings. The fourth-order valence-electron chi connectivity index (χ4n) is 6.41. The van der Waals surface area contributed by atoms with Crippen molar-refractivity contribution in [1.29, 1.82) is 0 Å². The van der Waals surface area contributed by atoms with Crippen molar-refractivity contribution in [3.05, 3.63) is 108 Å². The van der Waals surface area contributed by atoms with Crippen molar-refractivity contribution in [2.24, 2.45) is 5.92 Å². The first-order valence-electron chi connectivity index (χ1n) is 14.8.